The summed E-state index contributed by atoms with van der Waals surface area (Å²) >= 11 is 0. The van der Waals surface area contributed by atoms with E-state index in [0.717, 1.165) is 19.3 Å². The molecule has 0 aliphatic carbocycles. The quantitative estimate of drug-likeness (QED) is 0.784. The number of hydrogen-bond donors (Lipinski definition) is 1. The second-order valence-corrected chi connectivity index (χ2v) is 5.50. The number of carbonyl (C=O) groups is 1. The molecule has 3 aliphatic heterocycles. The normalized spacial score (nSPS) is 37.2. The van der Waals surface area contributed by atoms with E-state index in [2.05, 4.69) is 11.4 Å². The van der Waals surface area contributed by atoms with Crippen LogP contribution in [-0.2, 0) is 14.3 Å². The van der Waals surface area contributed by atoms with Gasteiger partial charge in [-0.25, -0.2) is 0 Å². The van der Waals surface area contributed by atoms with Crippen LogP contribution >= 0.6 is 0 Å². The van der Waals surface area contributed by atoms with Gasteiger partial charge in [-0.1, -0.05) is 0 Å². The SMILES string of the molecule is N#CC1(C(=O)NC2CC3CCC2O3)CCOCC1. The van der Waals surface area contributed by atoms with Gasteiger partial charge in [-0.2, -0.15) is 5.26 Å². The van der Waals surface area contributed by atoms with E-state index in [9.17, 15) is 10.1 Å². The van der Waals surface area contributed by atoms with Crippen LogP contribution < -0.4 is 5.32 Å². The second-order valence-electron chi connectivity index (χ2n) is 5.50. The number of rotatable bonds is 2. The van der Waals surface area contributed by atoms with E-state index in [1.807, 2.05) is 0 Å². The topological polar surface area (TPSA) is 71.4 Å². The van der Waals surface area contributed by atoms with Crippen molar-refractivity contribution in [2.24, 2.45) is 5.41 Å². The zero-order valence-electron chi connectivity index (χ0n) is 10.4. The number of nitrogens with one attached hydrogen (secondary N) is 1. The number of ether oxygens (including phenoxy) is 2. The van der Waals surface area contributed by atoms with Crippen molar-refractivity contribution in [2.45, 2.75) is 50.4 Å². The molecule has 3 aliphatic rings. The zero-order chi connectivity index (χ0) is 12.6. The summed E-state index contributed by atoms with van der Waals surface area (Å²) in [6, 6.07) is 2.30. The Morgan fingerprint density at radius 2 is 2.11 bits per heavy atom. The lowest BCUT2D eigenvalue weighted by molar-refractivity contribution is -0.133. The van der Waals surface area contributed by atoms with Crippen LogP contribution in [0, 0.1) is 16.7 Å². The van der Waals surface area contributed by atoms with Crippen LogP contribution in [0.5, 0.6) is 0 Å². The van der Waals surface area contributed by atoms with E-state index in [0.29, 0.717) is 32.2 Å². The van der Waals surface area contributed by atoms with E-state index in [-0.39, 0.29) is 18.1 Å². The van der Waals surface area contributed by atoms with Gasteiger partial charge in [0.2, 0.25) is 5.91 Å². The zero-order valence-corrected chi connectivity index (χ0v) is 10.4. The van der Waals surface area contributed by atoms with Gasteiger partial charge in [0.15, 0.2) is 0 Å². The summed E-state index contributed by atoms with van der Waals surface area (Å²) in [5, 5.41) is 12.3. The first kappa shape index (κ1) is 11.9. The molecule has 0 aromatic rings. The monoisotopic (exact) mass is 250 g/mol. The minimum atomic E-state index is -0.889. The lowest BCUT2D eigenvalue weighted by atomic mass is 9.80. The first-order valence-electron chi connectivity index (χ1n) is 6.69. The number of amides is 1. The molecule has 5 heteroatoms. The Hall–Kier alpha value is -1.12. The second kappa shape index (κ2) is 4.52. The molecule has 0 aromatic carbocycles. The highest BCUT2D eigenvalue weighted by Gasteiger charge is 2.46. The predicted molar refractivity (Wildman–Crippen MR) is 62.5 cm³/mol. The molecule has 3 atom stereocenters. The fraction of sp³-hybridized carbons (Fsp3) is 0.846. The van der Waals surface area contributed by atoms with E-state index in [1.165, 1.54) is 0 Å². The summed E-state index contributed by atoms with van der Waals surface area (Å²) in [6.45, 7) is 0.988. The molecule has 1 amide bonds. The van der Waals surface area contributed by atoms with Crippen molar-refractivity contribution < 1.29 is 14.3 Å². The van der Waals surface area contributed by atoms with Crippen LogP contribution in [0.4, 0.5) is 0 Å². The van der Waals surface area contributed by atoms with E-state index < -0.39 is 5.41 Å². The van der Waals surface area contributed by atoms with Crippen LogP contribution in [0.3, 0.4) is 0 Å². The molecule has 0 saturated carbocycles. The van der Waals surface area contributed by atoms with Gasteiger partial charge in [-0.3, -0.25) is 4.79 Å². The van der Waals surface area contributed by atoms with E-state index >= 15 is 0 Å². The maximum atomic E-state index is 12.3. The van der Waals surface area contributed by atoms with Crippen molar-refractivity contribution in [3.63, 3.8) is 0 Å². The fourth-order valence-electron chi connectivity index (χ4n) is 3.21. The number of hydrogen-bond acceptors (Lipinski definition) is 4. The van der Waals surface area contributed by atoms with Crippen LogP contribution in [0.2, 0.25) is 0 Å². The van der Waals surface area contributed by atoms with Crippen molar-refractivity contribution in [3.05, 3.63) is 0 Å². The van der Waals surface area contributed by atoms with Crippen LogP contribution in [0.1, 0.15) is 32.1 Å². The predicted octanol–water partition coefficient (Wildman–Crippen LogP) is 0.743. The molecule has 0 spiro atoms. The van der Waals surface area contributed by atoms with Gasteiger partial charge in [-0.15, -0.1) is 0 Å². The molecule has 98 valence electrons. The fourth-order valence-corrected chi connectivity index (χ4v) is 3.21. The molecule has 2 bridgehead atoms. The summed E-state index contributed by atoms with van der Waals surface area (Å²) in [6.07, 6.45) is 4.50. The Balaban J connectivity index is 1.65. The van der Waals surface area contributed by atoms with Crippen LogP contribution in [-0.4, -0.2) is 37.4 Å². The molecule has 3 saturated heterocycles. The standard InChI is InChI=1S/C13H18N2O3/c14-8-13(3-5-17-6-4-13)12(16)15-10-7-9-1-2-11(10)18-9/h9-11H,1-7H2,(H,15,16). The summed E-state index contributed by atoms with van der Waals surface area (Å²) in [5.74, 6) is -0.130. The summed E-state index contributed by atoms with van der Waals surface area (Å²) in [4.78, 5) is 12.3. The highest BCUT2D eigenvalue weighted by Crippen LogP contribution is 2.36. The first-order chi connectivity index (χ1) is 8.73. The molecule has 0 aromatic heterocycles. The molecule has 5 nitrogen and oxygen atoms in total. The Bertz CT molecular complexity index is 384. The minimum absolute atomic E-state index is 0.101. The minimum Gasteiger partial charge on any atom is -0.381 e. The average molecular weight is 250 g/mol. The summed E-state index contributed by atoms with van der Waals surface area (Å²) in [7, 11) is 0. The Labute approximate surface area is 106 Å². The largest absolute Gasteiger partial charge is 0.381 e. The number of fused-ring (bicyclic) bond motifs is 2. The van der Waals surface area contributed by atoms with Crippen molar-refractivity contribution >= 4 is 5.91 Å². The number of carbonyl (C=O) groups excluding carboxylic acids is 1. The van der Waals surface area contributed by atoms with E-state index in [4.69, 9.17) is 9.47 Å². The van der Waals surface area contributed by atoms with Crippen LogP contribution in [0.25, 0.3) is 0 Å². The Morgan fingerprint density at radius 1 is 1.33 bits per heavy atom. The highest BCUT2D eigenvalue weighted by molar-refractivity contribution is 5.85. The molecule has 0 radical (unpaired) electrons. The third kappa shape index (κ3) is 1.90. The first-order valence-corrected chi connectivity index (χ1v) is 6.69. The van der Waals surface area contributed by atoms with Crippen molar-refractivity contribution in [1.29, 1.82) is 5.26 Å². The highest BCUT2D eigenvalue weighted by atomic mass is 16.5. The molecule has 3 unspecified atom stereocenters. The summed E-state index contributed by atoms with van der Waals surface area (Å²) in [5.41, 5.74) is -0.889. The third-order valence-corrected chi connectivity index (χ3v) is 4.42. The van der Waals surface area contributed by atoms with Crippen molar-refractivity contribution in [1.82, 2.24) is 5.32 Å². The maximum Gasteiger partial charge on any atom is 0.240 e. The van der Waals surface area contributed by atoms with Gasteiger partial charge < -0.3 is 14.8 Å². The number of nitrogens with zero attached hydrogens (tertiary/aromatic N) is 1. The lowest BCUT2D eigenvalue weighted by Crippen LogP contribution is -2.50. The molecular weight excluding hydrogens is 232 g/mol. The van der Waals surface area contributed by atoms with Gasteiger partial charge >= 0.3 is 0 Å². The van der Waals surface area contributed by atoms with E-state index in [1.54, 1.807) is 0 Å². The average Bonchev–Trinajstić information content (AvgIpc) is 3.01. The lowest BCUT2D eigenvalue weighted by Gasteiger charge is -2.31. The Morgan fingerprint density at radius 3 is 2.67 bits per heavy atom. The molecule has 3 heterocycles. The molecule has 1 N–H and O–H groups in total. The smallest absolute Gasteiger partial charge is 0.240 e. The van der Waals surface area contributed by atoms with Crippen molar-refractivity contribution in [3.8, 4) is 6.07 Å². The van der Waals surface area contributed by atoms with Gasteiger partial charge in [0.1, 0.15) is 5.41 Å². The molecule has 18 heavy (non-hydrogen) atoms. The molecular formula is C13H18N2O3. The summed E-state index contributed by atoms with van der Waals surface area (Å²) < 4.78 is 11.0. The number of nitriles is 1. The van der Waals surface area contributed by atoms with Crippen molar-refractivity contribution in [2.75, 3.05) is 13.2 Å². The van der Waals surface area contributed by atoms with Gasteiger partial charge in [0.05, 0.1) is 24.3 Å². The third-order valence-electron chi connectivity index (χ3n) is 4.42. The van der Waals surface area contributed by atoms with Gasteiger partial charge in [-0.05, 0) is 32.1 Å². The Kier molecular flexibility index (Phi) is 3.00. The van der Waals surface area contributed by atoms with Gasteiger partial charge in [0, 0.05) is 13.2 Å². The van der Waals surface area contributed by atoms with Crippen LogP contribution in [0.15, 0.2) is 0 Å². The maximum absolute atomic E-state index is 12.3. The van der Waals surface area contributed by atoms with Gasteiger partial charge in [0.25, 0.3) is 0 Å². The molecule has 3 fully saturated rings. The molecule has 3 rings (SSSR count).